The minimum absolute atomic E-state index is 0.0841. The number of nitrogens with one attached hydrogen (secondary N) is 3. The molecule has 0 aromatic heterocycles. The highest BCUT2D eigenvalue weighted by molar-refractivity contribution is 6.16. The van der Waals surface area contributed by atoms with Gasteiger partial charge in [-0.15, -0.1) is 0 Å². The van der Waals surface area contributed by atoms with E-state index in [4.69, 9.17) is 0 Å². The van der Waals surface area contributed by atoms with Crippen LogP contribution in [0.4, 0.5) is 33.7 Å². The van der Waals surface area contributed by atoms with Gasteiger partial charge in [0.15, 0.2) is 0 Å². The molecule has 2 aromatic carbocycles. The summed E-state index contributed by atoms with van der Waals surface area (Å²) in [6.07, 6.45) is -4.42. The molecule has 0 radical (unpaired) electrons. The van der Waals surface area contributed by atoms with Gasteiger partial charge in [-0.3, -0.25) is 24.2 Å². The van der Waals surface area contributed by atoms with Crippen LogP contribution in [0.3, 0.4) is 0 Å². The Labute approximate surface area is 245 Å². The van der Waals surface area contributed by atoms with Crippen LogP contribution in [0.1, 0.15) is 42.1 Å². The lowest BCUT2D eigenvalue weighted by Gasteiger charge is -2.43. The molecule has 5 amide bonds. The van der Waals surface area contributed by atoms with E-state index in [2.05, 4.69) is 16.0 Å². The van der Waals surface area contributed by atoms with Crippen molar-refractivity contribution in [1.82, 2.24) is 20.4 Å². The van der Waals surface area contributed by atoms with E-state index < -0.39 is 52.5 Å². The Kier molecular flexibility index (Phi) is 8.07. The van der Waals surface area contributed by atoms with Gasteiger partial charge in [0.2, 0.25) is 5.91 Å². The van der Waals surface area contributed by atoms with Crippen molar-refractivity contribution in [2.24, 2.45) is 0 Å². The number of benzene rings is 2. The van der Waals surface area contributed by atoms with Crippen molar-refractivity contribution in [3.63, 3.8) is 0 Å². The monoisotopic (exact) mass is 604 g/mol. The van der Waals surface area contributed by atoms with Gasteiger partial charge >= 0.3 is 12.2 Å². The molecule has 3 N–H and O–H groups in total. The Bertz CT molecular complexity index is 1420. The number of halogens is 4. The van der Waals surface area contributed by atoms with Crippen LogP contribution < -0.4 is 20.9 Å². The standard InChI is InChI=1S/C29H32F4N6O4/c1-3-23(36-24(40)21-14-17(29(31,32)33)4-9-22(21)30)25(41)38-12-10-28(11-13-38)26(42)37(2)27(43)39(28)20-7-5-18(6-8-20)35-19-15-34-16-19/h4-9,14,19,23,34-35H,3,10-13,15-16H2,1-2H3,(H,36,40). The van der Waals surface area contributed by atoms with Crippen molar-refractivity contribution in [1.29, 1.82) is 0 Å². The van der Waals surface area contributed by atoms with Gasteiger partial charge in [-0.05, 0) is 61.7 Å². The zero-order valence-corrected chi connectivity index (χ0v) is 23.6. The molecular weight excluding hydrogens is 572 g/mol. The molecule has 3 aliphatic heterocycles. The topological polar surface area (TPSA) is 114 Å². The third-order valence-corrected chi connectivity index (χ3v) is 8.34. The van der Waals surface area contributed by atoms with Crippen molar-refractivity contribution in [2.75, 3.05) is 43.4 Å². The first kappa shape index (κ1) is 30.3. The van der Waals surface area contributed by atoms with Crippen LogP contribution in [-0.4, -0.2) is 84.4 Å². The zero-order valence-electron chi connectivity index (χ0n) is 23.6. The normalized spacial score (nSPS) is 19.4. The Morgan fingerprint density at radius 2 is 1.72 bits per heavy atom. The predicted octanol–water partition coefficient (Wildman–Crippen LogP) is 3.20. The van der Waals surface area contributed by atoms with Crippen molar-refractivity contribution >= 4 is 35.1 Å². The van der Waals surface area contributed by atoms with E-state index in [1.807, 2.05) is 12.1 Å². The summed E-state index contributed by atoms with van der Waals surface area (Å²) in [5.41, 5.74) is -1.79. The number of piperidine rings is 1. The van der Waals surface area contributed by atoms with Crippen LogP contribution in [0.5, 0.6) is 0 Å². The summed E-state index contributed by atoms with van der Waals surface area (Å²) < 4.78 is 53.6. The molecule has 1 spiro atoms. The minimum atomic E-state index is -4.78. The number of carbonyl (C=O) groups excluding carboxylic acids is 4. The fourth-order valence-corrected chi connectivity index (χ4v) is 5.72. The number of anilines is 2. The maximum absolute atomic E-state index is 14.3. The molecule has 1 atom stereocenters. The molecular formula is C29H32F4N6O4. The molecule has 14 heteroatoms. The Morgan fingerprint density at radius 3 is 2.28 bits per heavy atom. The van der Waals surface area contributed by atoms with Gasteiger partial charge in [0.05, 0.1) is 17.2 Å². The number of rotatable bonds is 7. The number of carbonyl (C=O) groups is 4. The van der Waals surface area contributed by atoms with Gasteiger partial charge in [0.1, 0.15) is 17.4 Å². The highest BCUT2D eigenvalue weighted by Gasteiger charge is 2.58. The van der Waals surface area contributed by atoms with E-state index >= 15 is 0 Å². The molecule has 1 unspecified atom stereocenters. The van der Waals surface area contributed by atoms with Crippen LogP contribution in [0.2, 0.25) is 0 Å². The lowest BCUT2D eigenvalue weighted by molar-refractivity contribution is -0.138. The summed E-state index contributed by atoms with van der Waals surface area (Å²) in [6, 6.07) is 7.44. The number of nitrogens with zero attached hydrogens (tertiary/aromatic N) is 3. The van der Waals surface area contributed by atoms with Gasteiger partial charge < -0.3 is 20.9 Å². The van der Waals surface area contributed by atoms with E-state index in [1.165, 1.54) is 16.8 Å². The van der Waals surface area contributed by atoms with E-state index in [-0.39, 0.29) is 38.3 Å². The largest absolute Gasteiger partial charge is 0.416 e. The molecule has 0 aliphatic carbocycles. The number of hydrogen-bond acceptors (Lipinski definition) is 6. The molecule has 3 fully saturated rings. The summed E-state index contributed by atoms with van der Waals surface area (Å²) in [5, 5.41) is 8.92. The van der Waals surface area contributed by atoms with Crippen LogP contribution in [0.25, 0.3) is 0 Å². The first-order chi connectivity index (χ1) is 20.4. The number of imide groups is 1. The number of likely N-dealkylation sites (tertiary alicyclic amines) is 1. The average Bonchev–Trinajstić information content (AvgIpc) is 3.13. The molecule has 3 heterocycles. The summed E-state index contributed by atoms with van der Waals surface area (Å²) in [4.78, 5) is 56.7. The van der Waals surface area contributed by atoms with Gasteiger partial charge in [0, 0.05) is 44.6 Å². The van der Waals surface area contributed by atoms with Gasteiger partial charge in [-0.2, -0.15) is 13.2 Å². The summed E-state index contributed by atoms with van der Waals surface area (Å²) >= 11 is 0. The highest BCUT2D eigenvalue weighted by Crippen LogP contribution is 2.40. The lowest BCUT2D eigenvalue weighted by atomic mass is 9.85. The van der Waals surface area contributed by atoms with Crippen LogP contribution >= 0.6 is 0 Å². The summed E-state index contributed by atoms with van der Waals surface area (Å²) in [6.45, 7) is 3.48. The Hall–Kier alpha value is -4.20. The van der Waals surface area contributed by atoms with Gasteiger partial charge in [-0.25, -0.2) is 9.18 Å². The predicted molar refractivity (Wildman–Crippen MR) is 149 cm³/mol. The number of alkyl halides is 3. The minimum Gasteiger partial charge on any atom is -0.380 e. The van der Waals surface area contributed by atoms with Gasteiger partial charge in [0.25, 0.3) is 11.8 Å². The first-order valence-corrected chi connectivity index (χ1v) is 14.0. The summed E-state index contributed by atoms with van der Waals surface area (Å²) in [7, 11) is 1.42. The SMILES string of the molecule is CCC(NC(=O)c1cc(C(F)(F)F)ccc1F)C(=O)N1CCC2(CC1)C(=O)N(C)C(=O)N2c1ccc(NC2CNC2)cc1. The molecule has 230 valence electrons. The molecule has 3 aliphatic rings. The third-order valence-electron chi connectivity index (χ3n) is 8.34. The van der Waals surface area contributed by atoms with Crippen molar-refractivity contribution in [2.45, 2.75) is 50.0 Å². The van der Waals surface area contributed by atoms with Crippen molar-refractivity contribution in [3.8, 4) is 0 Å². The Balaban J connectivity index is 1.28. The second kappa shape index (κ2) is 11.5. The van der Waals surface area contributed by atoms with E-state index in [1.54, 1.807) is 19.1 Å². The quantitative estimate of drug-likeness (QED) is 0.331. The summed E-state index contributed by atoms with van der Waals surface area (Å²) in [5.74, 6) is -3.19. The average molecular weight is 605 g/mol. The number of amides is 5. The third kappa shape index (κ3) is 5.63. The lowest BCUT2D eigenvalue weighted by Crippen LogP contribution is -2.59. The molecule has 0 saturated carbocycles. The second-order valence-corrected chi connectivity index (χ2v) is 11.0. The zero-order chi connectivity index (χ0) is 31.1. The number of likely N-dealkylation sites (N-methyl/N-ethyl adjacent to an activating group) is 1. The second-order valence-electron chi connectivity index (χ2n) is 11.0. The molecule has 3 saturated heterocycles. The van der Waals surface area contributed by atoms with E-state index in [0.717, 1.165) is 23.7 Å². The van der Waals surface area contributed by atoms with Crippen molar-refractivity contribution in [3.05, 3.63) is 59.4 Å². The smallest absolute Gasteiger partial charge is 0.380 e. The van der Waals surface area contributed by atoms with Crippen molar-refractivity contribution < 1.29 is 36.7 Å². The molecule has 10 nitrogen and oxygen atoms in total. The Morgan fingerprint density at radius 1 is 1.07 bits per heavy atom. The van der Waals surface area contributed by atoms with Gasteiger partial charge in [-0.1, -0.05) is 6.92 Å². The highest BCUT2D eigenvalue weighted by atomic mass is 19.4. The molecule has 0 bridgehead atoms. The number of urea groups is 1. The van der Waals surface area contributed by atoms with Crippen LogP contribution in [0.15, 0.2) is 42.5 Å². The van der Waals surface area contributed by atoms with E-state index in [0.29, 0.717) is 29.9 Å². The molecule has 43 heavy (non-hydrogen) atoms. The van der Waals surface area contributed by atoms with E-state index in [9.17, 15) is 36.7 Å². The molecule has 2 aromatic rings. The first-order valence-electron chi connectivity index (χ1n) is 14.0. The maximum Gasteiger partial charge on any atom is 0.416 e. The molecule has 5 rings (SSSR count). The van der Waals surface area contributed by atoms with Crippen LogP contribution in [-0.2, 0) is 15.8 Å². The fourth-order valence-electron chi connectivity index (χ4n) is 5.72. The van der Waals surface area contributed by atoms with Crippen LogP contribution in [0, 0.1) is 5.82 Å². The fraction of sp³-hybridized carbons (Fsp3) is 0.448. The maximum atomic E-state index is 14.3. The number of hydrogen-bond donors (Lipinski definition) is 3.